The lowest BCUT2D eigenvalue weighted by Crippen LogP contribution is -2.62. The van der Waals surface area contributed by atoms with E-state index >= 15 is 0 Å². The van der Waals surface area contributed by atoms with E-state index in [1.165, 1.54) is 7.11 Å². The van der Waals surface area contributed by atoms with Gasteiger partial charge in [-0.05, 0) is 97.7 Å². The molecule has 0 aliphatic heterocycles. The van der Waals surface area contributed by atoms with Gasteiger partial charge in [0.15, 0.2) is 0 Å². The van der Waals surface area contributed by atoms with Gasteiger partial charge < -0.3 is 24.8 Å². The van der Waals surface area contributed by atoms with E-state index in [9.17, 15) is 24.6 Å². The van der Waals surface area contributed by atoms with Crippen molar-refractivity contribution in [1.29, 1.82) is 0 Å². The Morgan fingerprint density at radius 2 is 1.68 bits per heavy atom. The largest absolute Gasteiger partial charge is 0.481 e. The number of aliphatic hydroxyl groups excluding tert-OH is 2. The molecule has 8 nitrogen and oxygen atoms in total. The number of rotatable bonds is 8. The minimum Gasteiger partial charge on any atom is -0.481 e. The number of aliphatic carboxylic acids is 1. The van der Waals surface area contributed by atoms with Crippen molar-refractivity contribution in [2.75, 3.05) is 7.11 Å². The van der Waals surface area contributed by atoms with Crippen molar-refractivity contribution >= 4 is 17.9 Å². The van der Waals surface area contributed by atoms with Gasteiger partial charge in [-0.15, -0.1) is 0 Å². The van der Waals surface area contributed by atoms with E-state index in [1.54, 1.807) is 0 Å². The third-order valence-electron chi connectivity index (χ3n) is 11.4. The lowest BCUT2D eigenvalue weighted by atomic mass is 9.43. The van der Waals surface area contributed by atoms with Gasteiger partial charge in [0.05, 0.1) is 32.2 Å². The highest BCUT2D eigenvalue weighted by Gasteiger charge is 2.65. The average molecular weight is 523 g/mol. The number of carboxylic acid groups (broad SMARTS) is 1. The predicted molar refractivity (Wildman–Crippen MR) is 135 cm³/mol. The first kappa shape index (κ1) is 28.3. The number of carbonyl (C=O) groups is 3. The Kier molecular flexibility index (Phi) is 8.30. The van der Waals surface area contributed by atoms with Crippen LogP contribution >= 0.6 is 0 Å². The lowest BCUT2D eigenvalue weighted by Gasteiger charge is -2.63. The van der Waals surface area contributed by atoms with Crippen molar-refractivity contribution < 1.29 is 39.2 Å². The number of ether oxygens (including phenoxy) is 2. The number of fused-ring (bicyclic) bond motifs is 5. The molecule has 0 unspecified atom stereocenters. The van der Waals surface area contributed by atoms with Crippen molar-refractivity contribution in [3.05, 3.63) is 0 Å². The van der Waals surface area contributed by atoms with Gasteiger partial charge in [0, 0.05) is 6.42 Å². The Balaban J connectivity index is 1.47. The molecule has 11 atom stereocenters. The fraction of sp³-hybridized carbons (Fsp3) is 0.897. The second kappa shape index (κ2) is 10.8. The molecule has 8 heteroatoms. The molecule has 0 saturated heterocycles. The number of aliphatic hydroxyl groups is 2. The van der Waals surface area contributed by atoms with Crippen molar-refractivity contribution in [2.45, 2.75) is 110 Å². The van der Waals surface area contributed by atoms with Gasteiger partial charge >= 0.3 is 17.9 Å². The summed E-state index contributed by atoms with van der Waals surface area (Å²) in [5.74, 6) is -0.289. The van der Waals surface area contributed by atoms with Crippen molar-refractivity contribution in [3.63, 3.8) is 0 Å². The fourth-order valence-electron chi connectivity index (χ4n) is 9.32. The summed E-state index contributed by atoms with van der Waals surface area (Å²) in [7, 11) is 1.42. The maximum Gasteiger partial charge on any atom is 0.306 e. The number of carbonyl (C=O) groups excluding carboxylic acids is 2. The molecule has 0 radical (unpaired) electrons. The molecule has 0 bridgehead atoms. The first-order valence-electron chi connectivity index (χ1n) is 14.3. The lowest BCUT2D eigenvalue weighted by molar-refractivity contribution is -0.209. The van der Waals surface area contributed by atoms with E-state index < -0.39 is 24.1 Å². The molecule has 0 aromatic rings. The Morgan fingerprint density at radius 1 is 0.946 bits per heavy atom. The topological polar surface area (TPSA) is 130 Å². The van der Waals surface area contributed by atoms with Crippen LogP contribution in [0.15, 0.2) is 0 Å². The van der Waals surface area contributed by atoms with Crippen LogP contribution in [0, 0.1) is 46.3 Å². The van der Waals surface area contributed by atoms with E-state index in [0.717, 1.165) is 32.1 Å². The first-order valence-corrected chi connectivity index (χ1v) is 14.3. The second-order valence-electron chi connectivity index (χ2n) is 13.0. The van der Waals surface area contributed by atoms with Crippen molar-refractivity contribution in [2.24, 2.45) is 46.3 Å². The predicted octanol–water partition coefficient (Wildman–Crippen LogP) is 3.95. The Hall–Kier alpha value is -1.67. The standard InChI is InChI=1S/C29H46O8/c1-16(5-9-25(34)36-4)19-6-7-20-27-21(15-23(31)29(19,20)3)28(2)12-11-18(13-17(28)14-22(27)30)37-26(35)10-8-24(32)33/h16-23,27,30-31H,5-15H2,1-4H3,(H,32,33)/t16-,17-,18+,19-,20+,21+,22+,23+,27+,28-,29+/m0/s1. The zero-order valence-corrected chi connectivity index (χ0v) is 22.9. The number of methoxy groups -OCH3 is 1. The normalized spacial score (nSPS) is 43.6. The molecule has 0 aromatic carbocycles. The van der Waals surface area contributed by atoms with Gasteiger partial charge in [0.2, 0.25) is 0 Å². The first-order chi connectivity index (χ1) is 17.4. The van der Waals surface area contributed by atoms with Gasteiger partial charge in [-0.3, -0.25) is 14.4 Å². The quantitative estimate of drug-likeness (QED) is 0.409. The Labute approximate surface area is 220 Å². The molecule has 37 heavy (non-hydrogen) atoms. The molecule has 0 amide bonds. The van der Waals surface area contributed by atoms with Crippen LogP contribution in [0.4, 0.5) is 0 Å². The zero-order chi connectivity index (χ0) is 27.1. The van der Waals surface area contributed by atoms with Crippen molar-refractivity contribution in [3.8, 4) is 0 Å². The summed E-state index contributed by atoms with van der Waals surface area (Å²) in [5.41, 5.74) is -0.317. The molecule has 4 saturated carbocycles. The molecule has 0 spiro atoms. The summed E-state index contributed by atoms with van der Waals surface area (Å²) in [4.78, 5) is 34.7. The highest BCUT2D eigenvalue weighted by molar-refractivity contribution is 5.76. The minimum atomic E-state index is -1.01. The van der Waals surface area contributed by atoms with Crippen LogP contribution in [-0.4, -0.2) is 58.6 Å². The third kappa shape index (κ3) is 5.17. The highest BCUT2D eigenvalue weighted by atomic mass is 16.5. The molecule has 4 rings (SSSR count). The third-order valence-corrected chi connectivity index (χ3v) is 11.4. The van der Waals surface area contributed by atoms with Gasteiger partial charge in [0.25, 0.3) is 0 Å². The van der Waals surface area contributed by atoms with E-state index in [2.05, 4.69) is 20.8 Å². The number of esters is 2. The molecule has 0 aromatic heterocycles. The number of hydrogen-bond donors (Lipinski definition) is 3. The molecule has 210 valence electrons. The molecule has 4 fully saturated rings. The highest BCUT2D eigenvalue weighted by Crippen LogP contribution is 2.68. The second-order valence-corrected chi connectivity index (χ2v) is 13.0. The van der Waals surface area contributed by atoms with Crippen LogP contribution in [-0.2, 0) is 23.9 Å². The summed E-state index contributed by atoms with van der Waals surface area (Å²) in [6.45, 7) is 6.72. The van der Waals surface area contributed by atoms with E-state index in [0.29, 0.717) is 31.6 Å². The SMILES string of the molecule is COC(=O)CC[C@H](C)[C@@H]1CC[C@@H]2[C@H]3[C@H](O)C[C@@H]4C[C@H](OC(=O)CCC(=O)O)CC[C@]4(C)[C@@H]3C[C@@H](O)[C@@]21C. The summed E-state index contributed by atoms with van der Waals surface area (Å²) >= 11 is 0. The van der Waals surface area contributed by atoms with Crippen LogP contribution < -0.4 is 0 Å². The summed E-state index contributed by atoms with van der Waals surface area (Å²) in [5, 5.41) is 32.1. The van der Waals surface area contributed by atoms with Crippen LogP contribution in [0.2, 0.25) is 0 Å². The Bertz CT molecular complexity index is 874. The van der Waals surface area contributed by atoms with E-state index in [4.69, 9.17) is 14.6 Å². The van der Waals surface area contributed by atoms with Gasteiger partial charge in [-0.1, -0.05) is 20.8 Å². The molecular weight excluding hydrogens is 476 g/mol. The Morgan fingerprint density at radius 3 is 2.35 bits per heavy atom. The maximum atomic E-state index is 12.1. The zero-order valence-electron chi connectivity index (χ0n) is 22.9. The summed E-state index contributed by atoms with van der Waals surface area (Å²) in [6.07, 6.45) is 5.26. The fourth-order valence-corrected chi connectivity index (χ4v) is 9.32. The number of carboxylic acids is 1. The summed E-state index contributed by atoms with van der Waals surface area (Å²) < 4.78 is 10.5. The molecule has 4 aliphatic rings. The van der Waals surface area contributed by atoms with E-state index in [-0.39, 0.29) is 65.3 Å². The summed E-state index contributed by atoms with van der Waals surface area (Å²) in [6, 6.07) is 0. The van der Waals surface area contributed by atoms with Crippen LogP contribution in [0.1, 0.15) is 91.4 Å². The van der Waals surface area contributed by atoms with Crippen molar-refractivity contribution in [1.82, 2.24) is 0 Å². The number of hydrogen-bond acceptors (Lipinski definition) is 7. The minimum absolute atomic E-state index is 0.0369. The van der Waals surface area contributed by atoms with Gasteiger partial charge in [-0.25, -0.2) is 0 Å². The van der Waals surface area contributed by atoms with Gasteiger partial charge in [0.1, 0.15) is 6.10 Å². The molecular formula is C29H46O8. The van der Waals surface area contributed by atoms with Crippen LogP contribution in [0.5, 0.6) is 0 Å². The average Bonchev–Trinajstić information content (AvgIpc) is 3.21. The molecule has 4 aliphatic carbocycles. The van der Waals surface area contributed by atoms with Crippen LogP contribution in [0.25, 0.3) is 0 Å². The molecule has 0 heterocycles. The van der Waals surface area contributed by atoms with E-state index in [1.807, 2.05) is 0 Å². The molecule has 3 N–H and O–H groups in total. The maximum absolute atomic E-state index is 12.1. The smallest absolute Gasteiger partial charge is 0.306 e. The monoisotopic (exact) mass is 522 g/mol. The van der Waals surface area contributed by atoms with Gasteiger partial charge in [-0.2, -0.15) is 0 Å². The van der Waals surface area contributed by atoms with Crippen LogP contribution in [0.3, 0.4) is 0 Å².